The third-order valence-electron chi connectivity index (χ3n) is 5.57. The lowest BCUT2D eigenvalue weighted by molar-refractivity contribution is -0.0561. The fraction of sp³-hybridized carbons (Fsp3) is 0.550. The lowest BCUT2D eigenvalue weighted by atomic mass is 9.94. The van der Waals surface area contributed by atoms with Gasteiger partial charge in [-0.3, -0.25) is 4.90 Å². The quantitative estimate of drug-likeness (QED) is 0.925. The highest BCUT2D eigenvalue weighted by Crippen LogP contribution is 2.33. The maximum Gasteiger partial charge on any atom is 0.151 e. The number of rotatable bonds is 4. The molecule has 1 aliphatic heterocycles. The number of nitrogens with zero attached hydrogens (tertiary/aromatic N) is 2. The topological polar surface area (TPSA) is 58.7 Å². The normalized spacial score (nSPS) is 27.7. The fourth-order valence-electron chi connectivity index (χ4n) is 4.11. The van der Waals surface area contributed by atoms with Gasteiger partial charge in [-0.25, -0.2) is 0 Å². The molecule has 2 fully saturated rings. The van der Waals surface area contributed by atoms with Gasteiger partial charge in [-0.2, -0.15) is 0 Å². The van der Waals surface area contributed by atoms with E-state index in [2.05, 4.69) is 41.2 Å². The zero-order valence-electron chi connectivity index (χ0n) is 14.7. The molecule has 5 heteroatoms. The standard InChI is InChI=1S/C20H26N2O3/c1-14-5-7-15(8-6-14)18-11-16(25-21-18)12-22-9-10-24-13-19(22)17-3-2-4-20(17)23/h5-8,11,17,19-20,23H,2-4,9-10,12-13H2,1H3/t17-,19+,20-/m0/s1. The van der Waals surface area contributed by atoms with Crippen molar-refractivity contribution in [1.29, 1.82) is 0 Å². The van der Waals surface area contributed by atoms with Crippen LogP contribution in [0.15, 0.2) is 34.9 Å². The first-order chi connectivity index (χ1) is 12.2. The van der Waals surface area contributed by atoms with E-state index in [0.717, 1.165) is 56.0 Å². The van der Waals surface area contributed by atoms with Crippen molar-refractivity contribution < 1.29 is 14.4 Å². The Bertz CT molecular complexity index is 697. The van der Waals surface area contributed by atoms with E-state index in [1.165, 1.54) is 5.56 Å². The molecule has 1 N–H and O–H groups in total. The van der Waals surface area contributed by atoms with E-state index in [4.69, 9.17) is 9.26 Å². The van der Waals surface area contributed by atoms with Crippen molar-refractivity contribution in [1.82, 2.24) is 10.1 Å². The first-order valence-electron chi connectivity index (χ1n) is 9.23. The van der Waals surface area contributed by atoms with E-state index in [0.29, 0.717) is 12.5 Å². The first-order valence-corrected chi connectivity index (χ1v) is 9.23. The minimum Gasteiger partial charge on any atom is -0.393 e. The number of hydrogen-bond donors (Lipinski definition) is 1. The van der Waals surface area contributed by atoms with Gasteiger partial charge in [0.1, 0.15) is 5.69 Å². The van der Waals surface area contributed by atoms with E-state index in [9.17, 15) is 5.11 Å². The number of aliphatic hydroxyl groups is 1. The van der Waals surface area contributed by atoms with Crippen LogP contribution in [0.25, 0.3) is 11.3 Å². The predicted octanol–water partition coefficient (Wildman–Crippen LogP) is 3.01. The molecule has 1 aromatic heterocycles. The SMILES string of the molecule is Cc1ccc(-c2cc(CN3CCOC[C@@H]3[C@@H]3CCC[C@@H]3O)on2)cc1. The molecule has 2 aromatic rings. The molecule has 1 saturated carbocycles. The molecular formula is C20H26N2O3. The highest BCUT2D eigenvalue weighted by atomic mass is 16.5. The van der Waals surface area contributed by atoms with Crippen LogP contribution in [0, 0.1) is 12.8 Å². The summed E-state index contributed by atoms with van der Waals surface area (Å²) in [4.78, 5) is 2.39. The molecule has 0 spiro atoms. The zero-order chi connectivity index (χ0) is 17.2. The number of hydrogen-bond acceptors (Lipinski definition) is 5. The van der Waals surface area contributed by atoms with E-state index < -0.39 is 0 Å². The van der Waals surface area contributed by atoms with Crippen molar-refractivity contribution in [3.63, 3.8) is 0 Å². The van der Waals surface area contributed by atoms with Crippen LogP contribution in [0.3, 0.4) is 0 Å². The van der Waals surface area contributed by atoms with E-state index in [1.807, 2.05) is 6.07 Å². The second kappa shape index (κ2) is 7.28. The molecule has 0 bridgehead atoms. The molecule has 0 amide bonds. The van der Waals surface area contributed by atoms with Crippen molar-refractivity contribution in [2.75, 3.05) is 19.8 Å². The van der Waals surface area contributed by atoms with Gasteiger partial charge in [0, 0.05) is 30.1 Å². The maximum atomic E-state index is 10.3. The Kier molecular flexibility index (Phi) is 4.88. The second-order valence-corrected chi connectivity index (χ2v) is 7.32. The van der Waals surface area contributed by atoms with Crippen LogP contribution in [0.1, 0.15) is 30.6 Å². The molecular weight excluding hydrogens is 316 g/mol. The Balaban J connectivity index is 1.47. The molecule has 25 heavy (non-hydrogen) atoms. The van der Waals surface area contributed by atoms with E-state index in [1.54, 1.807) is 0 Å². The Hall–Kier alpha value is -1.69. The lowest BCUT2D eigenvalue weighted by Gasteiger charge is -2.39. The van der Waals surface area contributed by atoms with Gasteiger partial charge in [0.05, 0.1) is 25.9 Å². The van der Waals surface area contributed by atoms with Crippen LogP contribution in [-0.4, -0.2) is 47.1 Å². The Labute approximate surface area is 148 Å². The smallest absolute Gasteiger partial charge is 0.151 e. The Morgan fingerprint density at radius 2 is 2.08 bits per heavy atom. The van der Waals surface area contributed by atoms with Crippen molar-refractivity contribution in [2.45, 2.75) is 44.9 Å². The van der Waals surface area contributed by atoms with Crippen LogP contribution >= 0.6 is 0 Å². The molecule has 3 atom stereocenters. The first kappa shape index (κ1) is 16.8. The number of aliphatic hydroxyl groups excluding tert-OH is 1. The summed E-state index contributed by atoms with van der Waals surface area (Å²) in [5.74, 6) is 1.18. The molecule has 0 radical (unpaired) electrons. The summed E-state index contributed by atoms with van der Waals surface area (Å²) in [5, 5.41) is 14.5. The minimum atomic E-state index is -0.202. The predicted molar refractivity (Wildman–Crippen MR) is 95.0 cm³/mol. The number of morpholine rings is 1. The largest absolute Gasteiger partial charge is 0.393 e. The van der Waals surface area contributed by atoms with Crippen LogP contribution in [0.5, 0.6) is 0 Å². The fourth-order valence-corrected chi connectivity index (χ4v) is 4.11. The number of aryl methyl sites for hydroxylation is 1. The van der Waals surface area contributed by atoms with Crippen molar-refractivity contribution >= 4 is 0 Å². The summed E-state index contributed by atoms with van der Waals surface area (Å²) >= 11 is 0. The highest BCUT2D eigenvalue weighted by molar-refractivity contribution is 5.59. The molecule has 134 valence electrons. The minimum absolute atomic E-state index is 0.202. The Morgan fingerprint density at radius 1 is 1.24 bits per heavy atom. The van der Waals surface area contributed by atoms with Crippen molar-refractivity contribution in [2.24, 2.45) is 5.92 Å². The van der Waals surface area contributed by atoms with Crippen LogP contribution in [0.2, 0.25) is 0 Å². The van der Waals surface area contributed by atoms with Crippen molar-refractivity contribution in [3.8, 4) is 11.3 Å². The van der Waals surface area contributed by atoms with Crippen LogP contribution in [-0.2, 0) is 11.3 Å². The monoisotopic (exact) mass is 342 g/mol. The molecule has 2 heterocycles. The van der Waals surface area contributed by atoms with Gasteiger partial charge < -0.3 is 14.4 Å². The van der Waals surface area contributed by atoms with Crippen LogP contribution < -0.4 is 0 Å². The van der Waals surface area contributed by atoms with Gasteiger partial charge in [-0.15, -0.1) is 0 Å². The van der Waals surface area contributed by atoms with Gasteiger partial charge in [0.15, 0.2) is 5.76 Å². The van der Waals surface area contributed by atoms with Gasteiger partial charge in [-0.05, 0) is 19.8 Å². The number of ether oxygens (including phenoxy) is 1. The zero-order valence-corrected chi connectivity index (χ0v) is 14.7. The summed E-state index contributed by atoms with van der Waals surface area (Å²) < 4.78 is 11.3. The summed E-state index contributed by atoms with van der Waals surface area (Å²) in [5.41, 5.74) is 3.19. The Morgan fingerprint density at radius 3 is 2.84 bits per heavy atom. The van der Waals surface area contributed by atoms with Gasteiger partial charge in [-0.1, -0.05) is 41.4 Å². The molecule has 4 rings (SSSR count). The number of aromatic nitrogens is 1. The van der Waals surface area contributed by atoms with E-state index in [-0.39, 0.29) is 12.1 Å². The highest BCUT2D eigenvalue weighted by Gasteiger charge is 2.37. The summed E-state index contributed by atoms with van der Waals surface area (Å²) in [6.07, 6.45) is 2.90. The molecule has 1 saturated heterocycles. The third kappa shape index (κ3) is 3.64. The second-order valence-electron chi connectivity index (χ2n) is 7.32. The average molecular weight is 342 g/mol. The molecule has 1 aliphatic carbocycles. The molecule has 0 unspecified atom stereocenters. The van der Waals surface area contributed by atoms with Gasteiger partial charge in [0.2, 0.25) is 0 Å². The maximum absolute atomic E-state index is 10.3. The average Bonchev–Trinajstić information content (AvgIpc) is 3.25. The summed E-state index contributed by atoms with van der Waals surface area (Å²) in [6.45, 7) is 5.09. The van der Waals surface area contributed by atoms with Gasteiger partial charge in [0.25, 0.3) is 0 Å². The molecule has 2 aliphatic rings. The lowest BCUT2D eigenvalue weighted by Crippen LogP contribution is -2.50. The van der Waals surface area contributed by atoms with Crippen LogP contribution in [0.4, 0.5) is 0 Å². The summed E-state index contributed by atoms with van der Waals surface area (Å²) in [6, 6.07) is 10.6. The number of benzene rings is 1. The molecule has 1 aromatic carbocycles. The van der Waals surface area contributed by atoms with Gasteiger partial charge >= 0.3 is 0 Å². The molecule has 5 nitrogen and oxygen atoms in total. The van der Waals surface area contributed by atoms with E-state index >= 15 is 0 Å². The summed E-state index contributed by atoms with van der Waals surface area (Å²) in [7, 11) is 0. The van der Waals surface area contributed by atoms with Crippen molar-refractivity contribution in [3.05, 3.63) is 41.7 Å². The third-order valence-corrected chi connectivity index (χ3v) is 5.57.